The maximum Gasteiger partial charge on any atom is 0.00737 e. The first-order valence-corrected chi connectivity index (χ1v) is 5.34. The van der Waals surface area contributed by atoms with Gasteiger partial charge in [0, 0.05) is 6.04 Å². The van der Waals surface area contributed by atoms with E-state index in [2.05, 4.69) is 13.8 Å². The van der Waals surface area contributed by atoms with Gasteiger partial charge in [-0.2, -0.15) is 0 Å². The van der Waals surface area contributed by atoms with E-state index in [1.54, 1.807) is 0 Å². The van der Waals surface area contributed by atoms with Crippen molar-refractivity contribution in [3.05, 3.63) is 0 Å². The molecule has 1 heteroatoms. The molecule has 2 rings (SSSR count). The standard InChI is InChI=1S/C11H21N/c1-11(2)5-3-8(4-6-11)9-7-10(9)12/h8-10H,3-7,12H2,1-2H3/t9-,10+/m0/s1. The molecule has 0 aromatic rings. The number of hydrogen-bond acceptors (Lipinski definition) is 1. The second-order valence-electron chi connectivity index (χ2n) is 5.57. The Hall–Kier alpha value is -0.0400. The average Bonchev–Trinajstić information content (AvgIpc) is 2.67. The lowest BCUT2D eigenvalue weighted by Crippen LogP contribution is -2.23. The molecule has 2 saturated carbocycles. The van der Waals surface area contributed by atoms with E-state index in [1.807, 2.05) is 0 Å². The lowest BCUT2D eigenvalue weighted by Gasteiger charge is -2.34. The zero-order chi connectivity index (χ0) is 8.77. The van der Waals surface area contributed by atoms with Crippen LogP contribution in [0.4, 0.5) is 0 Å². The molecule has 0 aromatic heterocycles. The van der Waals surface area contributed by atoms with Crippen LogP contribution in [0, 0.1) is 17.3 Å². The monoisotopic (exact) mass is 167 g/mol. The fourth-order valence-electron chi connectivity index (χ4n) is 2.63. The van der Waals surface area contributed by atoms with E-state index in [0.29, 0.717) is 11.5 Å². The Morgan fingerprint density at radius 3 is 2.08 bits per heavy atom. The molecule has 2 fully saturated rings. The van der Waals surface area contributed by atoms with Crippen molar-refractivity contribution >= 4 is 0 Å². The minimum atomic E-state index is 0.566. The van der Waals surface area contributed by atoms with E-state index in [-0.39, 0.29) is 0 Å². The topological polar surface area (TPSA) is 26.0 Å². The van der Waals surface area contributed by atoms with Gasteiger partial charge in [0.2, 0.25) is 0 Å². The molecule has 2 aliphatic rings. The SMILES string of the molecule is CC1(C)CCC([C@@H]2C[C@H]2N)CC1. The molecule has 1 nitrogen and oxygen atoms in total. The molecule has 0 heterocycles. The van der Waals surface area contributed by atoms with Crippen molar-refractivity contribution in [3.63, 3.8) is 0 Å². The normalized spacial score (nSPS) is 41.2. The van der Waals surface area contributed by atoms with Crippen molar-refractivity contribution in [1.82, 2.24) is 0 Å². The predicted molar refractivity (Wildman–Crippen MR) is 51.8 cm³/mol. The van der Waals surface area contributed by atoms with Crippen molar-refractivity contribution in [2.75, 3.05) is 0 Å². The van der Waals surface area contributed by atoms with Crippen molar-refractivity contribution in [2.45, 2.75) is 52.0 Å². The Labute approximate surface area is 75.7 Å². The van der Waals surface area contributed by atoms with Crippen LogP contribution < -0.4 is 5.73 Å². The molecule has 0 aromatic carbocycles. The highest BCUT2D eigenvalue weighted by Gasteiger charge is 2.42. The summed E-state index contributed by atoms with van der Waals surface area (Å²) in [7, 11) is 0. The Kier molecular flexibility index (Phi) is 1.95. The van der Waals surface area contributed by atoms with Gasteiger partial charge in [0.25, 0.3) is 0 Å². The van der Waals surface area contributed by atoms with Gasteiger partial charge in [0.1, 0.15) is 0 Å². The zero-order valence-corrected chi connectivity index (χ0v) is 8.34. The quantitative estimate of drug-likeness (QED) is 0.638. The Bertz CT molecular complexity index is 164. The average molecular weight is 167 g/mol. The maximum atomic E-state index is 5.86. The molecule has 2 aliphatic carbocycles. The summed E-state index contributed by atoms with van der Waals surface area (Å²) in [6, 6.07) is 0.566. The van der Waals surface area contributed by atoms with E-state index in [9.17, 15) is 0 Å². The first-order valence-electron chi connectivity index (χ1n) is 5.34. The van der Waals surface area contributed by atoms with Crippen LogP contribution >= 0.6 is 0 Å². The van der Waals surface area contributed by atoms with Crippen LogP contribution in [0.1, 0.15) is 46.0 Å². The molecule has 2 atom stereocenters. The zero-order valence-electron chi connectivity index (χ0n) is 8.34. The number of rotatable bonds is 1. The van der Waals surface area contributed by atoms with Crippen molar-refractivity contribution < 1.29 is 0 Å². The first kappa shape index (κ1) is 8.55. The van der Waals surface area contributed by atoms with Crippen LogP contribution in [-0.4, -0.2) is 6.04 Å². The lowest BCUT2D eigenvalue weighted by molar-refractivity contribution is 0.176. The summed E-state index contributed by atoms with van der Waals surface area (Å²) in [6.07, 6.45) is 7.02. The van der Waals surface area contributed by atoms with Crippen LogP contribution in [0.2, 0.25) is 0 Å². The van der Waals surface area contributed by atoms with Gasteiger partial charge in [-0.15, -0.1) is 0 Å². The number of nitrogens with two attached hydrogens (primary N) is 1. The molecule has 0 aliphatic heterocycles. The molecule has 0 bridgehead atoms. The first-order chi connectivity index (χ1) is 5.58. The summed E-state index contributed by atoms with van der Waals surface area (Å²) < 4.78 is 0. The van der Waals surface area contributed by atoms with Crippen LogP contribution in [0.3, 0.4) is 0 Å². The molecule has 0 unspecified atom stereocenters. The Balaban J connectivity index is 1.83. The van der Waals surface area contributed by atoms with Crippen LogP contribution in [0.5, 0.6) is 0 Å². The van der Waals surface area contributed by atoms with Crippen LogP contribution in [0.15, 0.2) is 0 Å². The highest BCUT2D eigenvalue weighted by molar-refractivity contribution is 4.96. The van der Waals surface area contributed by atoms with Gasteiger partial charge < -0.3 is 5.73 Å². The third kappa shape index (κ3) is 1.66. The fraction of sp³-hybridized carbons (Fsp3) is 1.00. The molecule has 70 valence electrons. The predicted octanol–water partition coefficient (Wildman–Crippen LogP) is 2.55. The molecule has 12 heavy (non-hydrogen) atoms. The number of hydrogen-bond donors (Lipinski definition) is 1. The fourth-order valence-corrected chi connectivity index (χ4v) is 2.63. The van der Waals surface area contributed by atoms with Gasteiger partial charge in [0.05, 0.1) is 0 Å². The molecule has 0 spiro atoms. The maximum absolute atomic E-state index is 5.86. The van der Waals surface area contributed by atoms with Crippen molar-refractivity contribution in [3.8, 4) is 0 Å². The molecular weight excluding hydrogens is 146 g/mol. The summed E-state index contributed by atoms with van der Waals surface area (Å²) in [5, 5.41) is 0. The van der Waals surface area contributed by atoms with E-state index in [0.717, 1.165) is 11.8 Å². The van der Waals surface area contributed by atoms with Crippen molar-refractivity contribution in [2.24, 2.45) is 23.0 Å². The van der Waals surface area contributed by atoms with E-state index >= 15 is 0 Å². The largest absolute Gasteiger partial charge is 0.327 e. The van der Waals surface area contributed by atoms with Gasteiger partial charge in [-0.1, -0.05) is 13.8 Å². The minimum absolute atomic E-state index is 0.566. The highest BCUT2D eigenvalue weighted by Crippen LogP contribution is 2.47. The highest BCUT2D eigenvalue weighted by atomic mass is 14.8. The van der Waals surface area contributed by atoms with Crippen molar-refractivity contribution in [1.29, 1.82) is 0 Å². The van der Waals surface area contributed by atoms with Gasteiger partial charge in [0.15, 0.2) is 0 Å². The molecule has 0 radical (unpaired) electrons. The van der Waals surface area contributed by atoms with E-state index < -0.39 is 0 Å². The molecule has 0 saturated heterocycles. The van der Waals surface area contributed by atoms with E-state index in [4.69, 9.17) is 5.73 Å². The van der Waals surface area contributed by atoms with Gasteiger partial charge >= 0.3 is 0 Å². The minimum Gasteiger partial charge on any atom is -0.327 e. The third-order valence-corrected chi connectivity index (χ3v) is 3.88. The van der Waals surface area contributed by atoms with Crippen LogP contribution in [-0.2, 0) is 0 Å². The van der Waals surface area contributed by atoms with Gasteiger partial charge in [-0.3, -0.25) is 0 Å². The molecule has 2 N–H and O–H groups in total. The summed E-state index contributed by atoms with van der Waals surface area (Å²) in [6.45, 7) is 4.80. The van der Waals surface area contributed by atoms with Gasteiger partial charge in [-0.25, -0.2) is 0 Å². The lowest BCUT2D eigenvalue weighted by atomic mass is 9.72. The second-order valence-corrected chi connectivity index (χ2v) is 5.57. The van der Waals surface area contributed by atoms with E-state index in [1.165, 1.54) is 32.1 Å². The summed E-state index contributed by atoms with van der Waals surface area (Å²) in [4.78, 5) is 0. The Morgan fingerprint density at radius 2 is 1.67 bits per heavy atom. The summed E-state index contributed by atoms with van der Waals surface area (Å²) in [5.74, 6) is 1.88. The molecule has 0 amide bonds. The Morgan fingerprint density at radius 1 is 1.17 bits per heavy atom. The summed E-state index contributed by atoms with van der Waals surface area (Å²) >= 11 is 0. The summed E-state index contributed by atoms with van der Waals surface area (Å²) in [5.41, 5.74) is 6.49. The smallest absolute Gasteiger partial charge is 0.00737 e. The third-order valence-electron chi connectivity index (χ3n) is 3.88. The van der Waals surface area contributed by atoms with Gasteiger partial charge in [-0.05, 0) is 49.4 Å². The second kappa shape index (κ2) is 2.73. The molecular formula is C11H21N. The van der Waals surface area contributed by atoms with Crippen LogP contribution in [0.25, 0.3) is 0 Å².